The third-order valence-electron chi connectivity index (χ3n) is 4.63. The number of thiol groups is 1. The third-order valence-corrected chi connectivity index (χ3v) is 5.22. The number of carbonyl (C=O) groups is 2. The zero-order valence-electron chi connectivity index (χ0n) is 13.2. The number of Topliss-reactive ketones (excluding diaryl/α,β-unsaturated/α-hetero) is 1. The van der Waals surface area contributed by atoms with E-state index in [0.29, 0.717) is 30.6 Å². The first-order chi connectivity index (χ1) is 11.5. The number of nitrogens with zero attached hydrogens (tertiary/aromatic N) is 1. The fourth-order valence-electron chi connectivity index (χ4n) is 3.23. The van der Waals surface area contributed by atoms with Gasteiger partial charge in [-0.15, -0.1) is 0 Å². The van der Waals surface area contributed by atoms with Gasteiger partial charge in [-0.2, -0.15) is 12.6 Å². The van der Waals surface area contributed by atoms with Crippen molar-refractivity contribution in [3.8, 4) is 0 Å². The van der Waals surface area contributed by atoms with E-state index in [9.17, 15) is 14.0 Å². The van der Waals surface area contributed by atoms with Gasteiger partial charge in [-0.25, -0.2) is 9.18 Å². The molecule has 2 aliphatic rings. The average molecular weight is 349 g/mol. The van der Waals surface area contributed by atoms with Crippen LogP contribution >= 0.6 is 12.6 Å². The maximum absolute atomic E-state index is 14.3. The lowest BCUT2D eigenvalue weighted by atomic mass is 9.93. The van der Waals surface area contributed by atoms with Crippen LogP contribution in [0.25, 0.3) is 0 Å². The molecule has 6 heteroatoms. The van der Waals surface area contributed by atoms with Crippen LogP contribution < -0.4 is 0 Å². The predicted octanol–water partition coefficient (Wildman–Crippen LogP) is 2.86. The number of carboxylic acids is 1. The Morgan fingerprint density at radius 2 is 2.00 bits per heavy atom. The molecule has 1 aromatic rings. The minimum Gasteiger partial charge on any atom is -0.478 e. The summed E-state index contributed by atoms with van der Waals surface area (Å²) in [4.78, 5) is 25.7. The molecule has 3 rings (SSSR count). The summed E-state index contributed by atoms with van der Waals surface area (Å²) in [6.07, 6.45) is 3.49. The van der Waals surface area contributed by atoms with Gasteiger partial charge in [-0.3, -0.25) is 9.69 Å². The Labute approximate surface area is 145 Å². The average Bonchev–Trinajstić information content (AvgIpc) is 3.36. The standard InChI is InChI=1S/C18H20FNO3S/c19-14-4-2-1-3-13(14)17(18(23)11-5-6-11)20-8-7-15(24)12(10-20)9-16(21)22/h1-4,9,11,15,17,24H,5-8,10H2,(H,21,22)/b12-9+/t15-,17+/m1/s1. The molecule has 4 nitrogen and oxygen atoms in total. The summed E-state index contributed by atoms with van der Waals surface area (Å²) in [6.45, 7) is 0.903. The van der Waals surface area contributed by atoms with Crippen LogP contribution in [0.1, 0.15) is 30.9 Å². The number of carboxylic acid groups (broad SMARTS) is 1. The van der Waals surface area contributed by atoms with E-state index in [1.54, 1.807) is 18.2 Å². The minimum absolute atomic E-state index is 0.00441. The van der Waals surface area contributed by atoms with Gasteiger partial charge in [0.05, 0.1) is 6.04 Å². The zero-order valence-corrected chi connectivity index (χ0v) is 14.1. The molecule has 1 aliphatic carbocycles. The van der Waals surface area contributed by atoms with E-state index in [0.717, 1.165) is 18.9 Å². The summed E-state index contributed by atoms with van der Waals surface area (Å²) in [7, 11) is 0. The number of carbonyl (C=O) groups excluding carboxylic acids is 1. The second-order valence-corrected chi connectivity index (χ2v) is 7.06. The molecular formula is C18H20FNO3S. The molecule has 1 saturated heterocycles. The first-order valence-corrected chi connectivity index (χ1v) is 8.62. The van der Waals surface area contributed by atoms with Gasteiger partial charge in [0.15, 0.2) is 5.78 Å². The molecule has 1 heterocycles. The fourth-order valence-corrected chi connectivity index (χ4v) is 3.50. The van der Waals surface area contributed by atoms with Crippen LogP contribution in [0.3, 0.4) is 0 Å². The molecule has 0 aromatic heterocycles. The highest BCUT2D eigenvalue weighted by Crippen LogP contribution is 2.39. The normalized spacial score (nSPS) is 24.8. The summed E-state index contributed by atoms with van der Waals surface area (Å²) in [6, 6.07) is 5.69. The lowest BCUT2D eigenvalue weighted by molar-refractivity contribution is -0.131. The van der Waals surface area contributed by atoms with Crippen molar-refractivity contribution in [3.63, 3.8) is 0 Å². The van der Waals surface area contributed by atoms with E-state index >= 15 is 0 Å². The van der Waals surface area contributed by atoms with Crippen molar-refractivity contribution in [3.05, 3.63) is 47.3 Å². The lowest BCUT2D eigenvalue weighted by Gasteiger charge is -2.37. The second-order valence-electron chi connectivity index (χ2n) is 6.43. The molecule has 1 N–H and O–H groups in total. The Morgan fingerprint density at radius 1 is 1.29 bits per heavy atom. The van der Waals surface area contributed by atoms with Crippen molar-refractivity contribution in [2.75, 3.05) is 13.1 Å². The largest absolute Gasteiger partial charge is 0.478 e. The molecule has 1 aromatic carbocycles. The van der Waals surface area contributed by atoms with E-state index in [2.05, 4.69) is 12.6 Å². The van der Waals surface area contributed by atoms with Gasteiger partial charge < -0.3 is 5.11 Å². The number of hydrogen-bond acceptors (Lipinski definition) is 4. The van der Waals surface area contributed by atoms with Crippen molar-refractivity contribution in [1.29, 1.82) is 0 Å². The maximum atomic E-state index is 14.3. The Hall–Kier alpha value is -1.66. The maximum Gasteiger partial charge on any atom is 0.328 e. The molecule has 2 fully saturated rings. The smallest absolute Gasteiger partial charge is 0.328 e. The van der Waals surface area contributed by atoms with E-state index in [1.807, 2.05) is 4.90 Å². The van der Waals surface area contributed by atoms with Crippen molar-refractivity contribution in [1.82, 2.24) is 4.90 Å². The minimum atomic E-state index is -1.03. The predicted molar refractivity (Wildman–Crippen MR) is 91.6 cm³/mol. The third kappa shape index (κ3) is 3.70. The molecule has 24 heavy (non-hydrogen) atoms. The fraction of sp³-hybridized carbons (Fsp3) is 0.444. The van der Waals surface area contributed by atoms with Gasteiger partial charge in [0.25, 0.3) is 0 Å². The highest BCUT2D eigenvalue weighted by molar-refractivity contribution is 7.81. The van der Waals surface area contributed by atoms with Crippen molar-refractivity contribution < 1.29 is 19.1 Å². The summed E-state index contributed by atoms with van der Waals surface area (Å²) < 4.78 is 14.3. The molecular weight excluding hydrogens is 329 g/mol. The van der Waals surface area contributed by atoms with Crippen molar-refractivity contribution in [2.45, 2.75) is 30.6 Å². The van der Waals surface area contributed by atoms with E-state index in [4.69, 9.17) is 5.11 Å². The number of ketones is 1. The second kappa shape index (κ2) is 7.07. The number of piperidine rings is 1. The van der Waals surface area contributed by atoms with Crippen LogP contribution in [0.5, 0.6) is 0 Å². The van der Waals surface area contributed by atoms with Crippen LogP contribution in [0, 0.1) is 11.7 Å². The summed E-state index contributed by atoms with van der Waals surface area (Å²) in [5.41, 5.74) is 1.03. The highest BCUT2D eigenvalue weighted by Gasteiger charge is 2.40. The van der Waals surface area contributed by atoms with Gasteiger partial charge in [-0.1, -0.05) is 18.2 Å². The Morgan fingerprint density at radius 3 is 2.62 bits per heavy atom. The van der Waals surface area contributed by atoms with Crippen molar-refractivity contribution in [2.24, 2.45) is 5.92 Å². The molecule has 1 aliphatic heterocycles. The molecule has 0 bridgehead atoms. The van der Waals surface area contributed by atoms with Gasteiger partial charge in [-0.05, 0) is 30.9 Å². The molecule has 0 spiro atoms. The first-order valence-electron chi connectivity index (χ1n) is 8.11. The molecule has 1 saturated carbocycles. The topological polar surface area (TPSA) is 57.6 Å². The number of aliphatic carboxylic acids is 1. The molecule has 0 radical (unpaired) electrons. The number of rotatable bonds is 5. The van der Waals surface area contributed by atoms with E-state index < -0.39 is 17.8 Å². The highest BCUT2D eigenvalue weighted by atomic mass is 32.1. The lowest BCUT2D eigenvalue weighted by Crippen LogP contribution is -2.42. The molecule has 0 amide bonds. The summed E-state index contributed by atoms with van der Waals surface area (Å²) in [5, 5.41) is 8.88. The van der Waals surface area contributed by atoms with Gasteiger partial charge >= 0.3 is 5.97 Å². The SMILES string of the molecule is O=C(O)/C=C1\CN([C@H](C(=O)C2CC2)c2ccccc2F)CC[C@H]1S. The Bertz CT molecular complexity index is 687. The van der Waals surface area contributed by atoms with E-state index in [-0.39, 0.29) is 17.0 Å². The van der Waals surface area contributed by atoms with Crippen LogP contribution in [0.4, 0.5) is 4.39 Å². The Balaban J connectivity index is 1.92. The van der Waals surface area contributed by atoms with Crippen molar-refractivity contribution >= 4 is 24.4 Å². The van der Waals surface area contributed by atoms with E-state index in [1.165, 1.54) is 6.07 Å². The molecule has 128 valence electrons. The first kappa shape index (κ1) is 17.2. The number of likely N-dealkylation sites (tertiary alicyclic amines) is 1. The van der Waals surface area contributed by atoms with Gasteiger partial charge in [0, 0.05) is 35.9 Å². The van der Waals surface area contributed by atoms with Crippen LogP contribution in [-0.4, -0.2) is 40.1 Å². The summed E-state index contributed by atoms with van der Waals surface area (Å²) >= 11 is 4.44. The zero-order chi connectivity index (χ0) is 17.3. The van der Waals surface area contributed by atoms with Gasteiger partial charge in [0.2, 0.25) is 0 Å². The quantitative estimate of drug-likeness (QED) is 0.634. The number of benzene rings is 1. The molecule has 0 unspecified atom stereocenters. The summed E-state index contributed by atoms with van der Waals surface area (Å²) in [5.74, 6) is -1.39. The monoisotopic (exact) mass is 349 g/mol. The van der Waals surface area contributed by atoms with Gasteiger partial charge in [0.1, 0.15) is 5.82 Å². The van der Waals surface area contributed by atoms with Crippen LogP contribution in [0.2, 0.25) is 0 Å². The molecule has 2 atom stereocenters. The van der Waals surface area contributed by atoms with Crippen LogP contribution in [0.15, 0.2) is 35.9 Å². The van der Waals surface area contributed by atoms with Crippen LogP contribution in [-0.2, 0) is 9.59 Å². The number of hydrogen-bond donors (Lipinski definition) is 2. The number of halogens is 1. The Kier molecular flexibility index (Phi) is 5.06.